The van der Waals surface area contributed by atoms with Gasteiger partial charge in [0.15, 0.2) is 22.6 Å². The number of aliphatic carboxylic acids is 1. The van der Waals surface area contributed by atoms with Crippen molar-refractivity contribution >= 4 is 23.5 Å². The van der Waals surface area contributed by atoms with Crippen LogP contribution in [-0.2, 0) is 36.9 Å². The molecule has 3 unspecified atom stereocenters. The molecule has 0 saturated carbocycles. The number of hydrogen-bond donors (Lipinski definition) is 4. The predicted molar refractivity (Wildman–Crippen MR) is 139 cm³/mol. The molecule has 2 aromatic carbocycles. The van der Waals surface area contributed by atoms with E-state index in [2.05, 4.69) is 0 Å². The second-order valence-corrected chi connectivity index (χ2v) is 10.3. The maximum absolute atomic E-state index is 13.8. The highest BCUT2D eigenvalue weighted by Gasteiger charge is 2.57. The van der Waals surface area contributed by atoms with Gasteiger partial charge in [0.05, 0.1) is 6.04 Å². The Labute approximate surface area is 217 Å². The number of ether oxygens (including phenoxy) is 1. The van der Waals surface area contributed by atoms with Crippen LogP contribution in [0.15, 0.2) is 60.7 Å². The molecule has 0 saturated heterocycles. The van der Waals surface area contributed by atoms with E-state index in [1.807, 2.05) is 36.4 Å². The van der Waals surface area contributed by atoms with Gasteiger partial charge >= 0.3 is 11.9 Å². The molecule has 0 spiro atoms. The first-order chi connectivity index (χ1) is 17.2. The lowest BCUT2D eigenvalue weighted by Crippen LogP contribution is -2.69. The lowest BCUT2D eigenvalue weighted by molar-refractivity contribution is -0.162. The third-order valence-electron chi connectivity index (χ3n) is 6.95. The molecule has 200 valence electrons. The van der Waals surface area contributed by atoms with Gasteiger partial charge in [0.1, 0.15) is 6.61 Å². The number of nitrogens with two attached hydrogens (primary N) is 3. The van der Waals surface area contributed by atoms with E-state index in [0.717, 1.165) is 5.56 Å². The van der Waals surface area contributed by atoms with Crippen molar-refractivity contribution in [2.45, 2.75) is 64.3 Å². The Balaban J connectivity index is 2.42. The fraction of sp³-hybridized carbons (Fsp3) is 0.429. The zero-order valence-electron chi connectivity index (χ0n) is 21.8. The highest BCUT2D eigenvalue weighted by molar-refractivity contribution is 6.14. The van der Waals surface area contributed by atoms with Crippen LogP contribution >= 0.6 is 0 Å². The van der Waals surface area contributed by atoms with Crippen molar-refractivity contribution < 1.29 is 29.0 Å². The van der Waals surface area contributed by atoms with Crippen LogP contribution in [0.5, 0.6) is 0 Å². The molecular formula is C28H37N3O6. The minimum atomic E-state index is -2.25. The summed E-state index contributed by atoms with van der Waals surface area (Å²) in [4.78, 5) is 51.9. The van der Waals surface area contributed by atoms with Gasteiger partial charge in [-0.15, -0.1) is 0 Å². The van der Waals surface area contributed by atoms with E-state index in [4.69, 9.17) is 21.9 Å². The fourth-order valence-corrected chi connectivity index (χ4v) is 4.23. The van der Waals surface area contributed by atoms with Crippen LogP contribution in [0.4, 0.5) is 0 Å². The minimum Gasteiger partial charge on any atom is -0.480 e. The summed E-state index contributed by atoms with van der Waals surface area (Å²) in [5, 5.41) is 9.57. The first-order valence-corrected chi connectivity index (χ1v) is 12.1. The predicted octanol–water partition coefficient (Wildman–Crippen LogP) is 1.99. The molecule has 37 heavy (non-hydrogen) atoms. The number of rotatable bonds is 13. The van der Waals surface area contributed by atoms with E-state index in [1.165, 1.54) is 13.8 Å². The Bertz CT molecular complexity index is 1120. The van der Waals surface area contributed by atoms with Gasteiger partial charge in [0.25, 0.3) is 0 Å². The van der Waals surface area contributed by atoms with Gasteiger partial charge in [-0.3, -0.25) is 9.59 Å². The third kappa shape index (κ3) is 6.30. The normalized spacial score (nSPS) is 15.8. The van der Waals surface area contributed by atoms with Crippen LogP contribution < -0.4 is 17.2 Å². The average Bonchev–Trinajstić information content (AvgIpc) is 2.86. The van der Waals surface area contributed by atoms with Crippen molar-refractivity contribution in [3.05, 3.63) is 71.8 Å². The van der Waals surface area contributed by atoms with E-state index >= 15 is 0 Å². The lowest BCUT2D eigenvalue weighted by atomic mass is 9.65. The van der Waals surface area contributed by atoms with Gasteiger partial charge in [-0.2, -0.15) is 0 Å². The SMILES string of the molecule is CC(C)C(N)(C(=O)O)C(=O)CC(N)C(=O)C(N)(C(=O)OCc1ccccc1)C(C)(C)Cc1ccccc1. The Morgan fingerprint density at radius 3 is 1.84 bits per heavy atom. The molecule has 0 aromatic heterocycles. The quantitative estimate of drug-likeness (QED) is 0.231. The summed E-state index contributed by atoms with van der Waals surface area (Å²) in [5.74, 6) is -5.16. The number of ketones is 2. The molecule has 0 aliphatic rings. The first-order valence-electron chi connectivity index (χ1n) is 12.1. The molecule has 2 aromatic rings. The van der Waals surface area contributed by atoms with Gasteiger partial charge in [-0.1, -0.05) is 88.4 Å². The summed E-state index contributed by atoms with van der Waals surface area (Å²) in [6, 6.07) is 16.4. The molecule has 7 N–H and O–H groups in total. The molecule has 0 aliphatic carbocycles. The standard InChI is InChI=1S/C28H37N3O6/c1-18(2)27(30,24(34)35)22(32)15-21(29)23(33)28(31,25(36)37-17-20-13-9-6-10-14-20)26(3,4)16-19-11-7-5-8-12-19/h5-14,18,21H,15-17,29-31H2,1-4H3,(H,34,35). The van der Waals surface area contributed by atoms with E-state index in [9.17, 15) is 24.3 Å². The second-order valence-electron chi connectivity index (χ2n) is 10.3. The summed E-state index contributed by atoms with van der Waals surface area (Å²) >= 11 is 0. The molecular weight excluding hydrogens is 474 g/mol. The van der Waals surface area contributed by atoms with Crippen LogP contribution in [0.2, 0.25) is 0 Å². The second kappa shape index (κ2) is 11.8. The lowest BCUT2D eigenvalue weighted by Gasteiger charge is -2.42. The summed E-state index contributed by atoms with van der Waals surface area (Å²) < 4.78 is 5.49. The molecule has 0 radical (unpaired) electrons. The third-order valence-corrected chi connectivity index (χ3v) is 6.95. The zero-order valence-corrected chi connectivity index (χ0v) is 21.8. The Morgan fingerprint density at radius 1 is 0.892 bits per heavy atom. The number of carbonyl (C=O) groups excluding carboxylic acids is 3. The number of hydrogen-bond acceptors (Lipinski definition) is 8. The van der Waals surface area contributed by atoms with E-state index in [1.54, 1.807) is 38.1 Å². The largest absolute Gasteiger partial charge is 0.480 e. The van der Waals surface area contributed by atoms with Crippen molar-refractivity contribution in [2.24, 2.45) is 28.5 Å². The Kier molecular flexibility index (Phi) is 9.49. The van der Waals surface area contributed by atoms with E-state index in [0.29, 0.717) is 5.56 Å². The molecule has 0 heterocycles. The highest BCUT2D eigenvalue weighted by atomic mass is 16.5. The van der Waals surface area contributed by atoms with Crippen molar-refractivity contribution in [3.8, 4) is 0 Å². The van der Waals surface area contributed by atoms with E-state index < -0.39 is 58.4 Å². The van der Waals surface area contributed by atoms with Crippen molar-refractivity contribution in [1.82, 2.24) is 0 Å². The maximum Gasteiger partial charge on any atom is 0.334 e. The van der Waals surface area contributed by atoms with Crippen LogP contribution in [0.3, 0.4) is 0 Å². The summed E-state index contributed by atoms with van der Waals surface area (Å²) in [6.45, 7) is 6.14. The smallest absolute Gasteiger partial charge is 0.334 e. The van der Waals surface area contributed by atoms with Crippen LogP contribution in [0.1, 0.15) is 45.2 Å². The van der Waals surface area contributed by atoms with Gasteiger partial charge in [-0.25, -0.2) is 9.59 Å². The van der Waals surface area contributed by atoms with Crippen LogP contribution in [0, 0.1) is 11.3 Å². The molecule has 0 amide bonds. The van der Waals surface area contributed by atoms with Gasteiger partial charge < -0.3 is 27.0 Å². The Morgan fingerprint density at radius 2 is 1.38 bits per heavy atom. The van der Waals surface area contributed by atoms with Gasteiger partial charge in [0, 0.05) is 11.8 Å². The number of carboxylic acids is 1. The number of carbonyl (C=O) groups is 4. The number of esters is 1. The fourth-order valence-electron chi connectivity index (χ4n) is 4.23. The molecule has 3 atom stereocenters. The van der Waals surface area contributed by atoms with Gasteiger partial charge in [0.2, 0.25) is 0 Å². The van der Waals surface area contributed by atoms with Gasteiger partial charge in [-0.05, 0) is 23.5 Å². The first kappa shape index (κ1) is 29.8. The average molecular weight is 512 g/mol. The number of Topliss-reactive ketones (excluding diaryl/α,β-unsaturated/α-hetero) is 2. The van der Waals surface area contributed by atoms with Crippen LogP contribution in [0.25, 0.3) is 0 Å². The molecule has 0 fully saturated rings. The summed E-state index contributed by atoms with van der Waals surface area (Å²) in [5.41, 5.74) is 14.5. The maximum atomic E-state index is 13.8. The monoisotopic (exact) mass is 511 g/mol. The zero-order chi connectivity index (χ0) is 28.0. The molecule has 9 nitrogen and oxygen atoms in total. The molecule has 2 rings (SSSR count). The molecule has 9 heteroatoms. The number of carboxylic acid groups (broad SMARTS) is 1. The molecule has 0 aliphatic heterocycles. The van der Waals surface area contributed by atoms with Crippen molar-refractivity contribution in [1.29, 1.82) is 0 Å². The topological polar surface area (TPSA) is 176 Å². The number of benzene rings is 2. The van der Waals surface area contributed by atoms with Crippen LogP contribution in [-0.4, -0.2) is 45.7 Å². The van der Waals surface area contributed by atoms with Crippen molar-refractivity contribution in [2.75, 3.05) is 0 Å². The van der Waals surface area contributed by atoms with Crippen molar-refractivity contribution in [3.63, 3.8) is 0 Å². The molecule has 0 bridgehead atoms. The highest BCUT2D eigenvalue weighted by Crippen LogP contribution is 2.36. The summed E-state index contributed by atoms with van der Waals surface area (Å²) in [6.07, 6.45) is -0.481. The Hall–Kier alpha value is -3.40. The minimum absolute atomic E-state index is 0.125. The summed E-state index contributed by atoms with van der Waals surface area (Å²) in [7, 11) is 0. The van der Waals surface area contributed by atoms with E-state index in [-0.39, 0.29) is 13.0 Å².